The van der Waals surface area contributed by atoms with Crippen LogP contribution in [0.15, 0.2) is 66.3 Å². The molecule has 0 aliphatic carbocycles. The largest absolute Gasteiger partial charge is 0.321 e. The van der Waals surface area contributed by atoms with E-state index >= 15 is 0 Å². The minimum Gasteiger partial charge on any atom is -0.321 e. The molecule has 0 atom stereocenters. The number of para-hydroxylation sites is 1. The number of imidazole rings is 1. The van der Waals surface area contributed by atoms with Crippen molar-refractivity contribution in [3.63, 3.8) is 0 Å². The molecule has 26 heavy (non-hydrogen) atoms. The predicted molar refractivity (Wildman–Crippen MR) is 99.6 cm³/mol. The number of benzene rings is 2. The SMILES string of the molecule is O=C(Nc1ccccc1-c1cn2ccsc2n1)c1cccc([N+](=O)[O-])c1. The highest BCUT2D eigenvalue weighted by Crippen LogP contribution is 2.29. The van der Waals surface area contributed by atoms with Crippen LogP contribution in [-0.2, 0) is 0 Å². The Balaban J connectivity index is 1.66. The van der Waals surface area contributed by atoms with Crippen molar-refractivity contribution in [3.05, 3.63) is 82.0 Å². The van der Waals surface area contributed by atoms with E-state index in [1.54, 1.807) is 6.07 Å². The fourth-order valence-electron chi connectivity index (χ4n) is 2.63. The van der Waals surface area contributed by atoms with Crippen LogP contribution >= 0.6 is 11.3 Å². The molecule has 0 bridgehead atoms. The van der Waals surface area contributed by atoms with Crippen molar-refractivity contribution in [1.29, 1.82) is 0 Å². The van der Waals surface area contributed by atoms with Crippen LogP contribution < -0.4 is 5.32 Å². The zero-order valence-corrected chi connectivity index (χ0v) is 14.1. The molecule has 1 N–H and O–H groups in total. The quantitative estimate of drug-likeness (QED) is 0.433. The van der Waals surface area contributed by atoms with Crippen LogP contribution in [0.4, 0.5) is 11.4 Å². The number of anilines is 1. The average Bonchev–Trinajstić information content (AvgIpc) is 3.24. The van der Waals surface area contributed by atoms with Gasteiger partial charge in [0.15, 0.2) is 4.96 Å². The van der Waals surface area contributed by atoms with E-state index in [-0.39, 0.29) is 11.3 Å². The lowest BCUT2D eigenvalue weighted by atomic mass is 10.1. The number of nitro groups is 1. The van der Waals surface area contributed by atoms with Gasteiger partial charge in [-0.05, 0) is 12.1 Å². The summed E-state index contributed by atoms with van der Waals surface area (Å²) in [5, 5.41) is 15.7. The smallest absolute Gasteiger partial charge is 0.270 e. The van der Waals surface area contributed by atoms with Gasteiger partial charge in [0.05, 0.1) is 16.3 Å². The zero-order valence-electron chi connectivity index (χ0n) is 13.3. The van der Waals surface area contributed by atoms with E-state index < -0.39 is 10.8 Å². The summed E-state index contributed by atoms with van der Waals surface area (Å²) < 4.78 is 1.92. The molecule has 8 heteroatoms. The second-order valence-corrected chi connectivity index (χ2v) is 6.40. The molecule has 0 fully saturated rings. The summed E-state index contributed by atoms with van der Waals surface area (Å²) in [4.78, 5) is 28.3. The number of thiazole rings is 1. The Hall–Kier alpha value is -3.52. The molecule has 0 aliphatic heterocycles. The topological polar surface area (TPSA) is 89.5 Å². The molecular weight excluding hydrogens is 352 g/mol. The number of hydrogen-bond acceptors (Lipinski definition) is 5. The van der Waals surface area contributed by atoms with Gasteiger partial charge in [-0.2, -0.15) is 0 Å². The molecule has 0 saturated carbocycles. The Morgan fingerprint density at radius 1 is 1.19 bits per heavy atom. The van der Waals surface area contributed by atoms with Gasteiger partial charge < -0.3 is 5.32 Å². The molecule has 2 heterocycles. The zero-order chi connectivity index (χ0) is 18.1. The molecule has 0 saturated heterocycles. The Labute approximate surface area is 151 Å². The van der Waals surface area contributed by atoms with E-state index in [1.807, 2.05) is 40.4 Å². The Morgan fingerprint density at radius 3 is 2.85 bits per heavy atom. The van der Waals surface area contributed by atoms with Gasteiger partial charge in [0.1, 0.15) is 0 Å². The maximum Gasteiger partial charge on any atom is 0.270 e. The molecule has 128 valence electrons. The van der Waals surface area contributed by atoms with Gasteiger partial charge in [-0.25, -0.2) is 4.98 Å². The van der Waals surface area contributed by atoms with Gasteiger partial charge in [-0.1, -0.05) is 24.3 Å². The third kappa shape index (κ3) is 2.93. The summed E-state index contributed by atoms with van der Waals surface area (Å²) in [5.74, 6) is -0.415. The summed E-state index contributed by atoms with van der Waals surface area (Å²) >= 11 is 1.52. The molecule has 2 aromatic heterocycles. The van der Waals surface area contributed by atoms with Crippen LogP contribution in [-0.4, -0.2) is 20.2 Å². The first-order valence-electron chi connectivity index (χ1n) is 7.69. The normalized spacial score (nSPS) is 10.8. The van der Waals surface area contributed by atoms with Crippen molar-refractivity contribution in [3.8, 4) is 11.3 Å². The first kappa shape index (κ1) is 16.0. The summed E-state index contributed by atoms with van der Waals surface area (Å²) in [6.45, 7) is 0. The molecule has 0 radical (unpaired) electrons. The Morgan fingerprint density at radius 2 is 2.04 bits per heavy atom. The number of fused-ring (bicyclic) bond motifs is 1. The Bertz CT molecular complexity index is 1100. The first-order chi connectivity index (χ1) is 12.6. The number of nitro benzene ring substituents is 1. The van der Waals surface area contributed by atoms with E-state index in [4.69, 9.17) is 0 Å². The standard InChI is InChI=1S/C18H12N4O3S/c23-17(12-4-3-5-13(10-12)22(24)25)19-15-7-2-1-6-14(15)16-11-21-8-9-26-18(21)20-16/h1-11H,(H,19,23). The number of nitrogens with one attached hydrogen (secondary N) is 1. The van der Waals surface area contributed by atoms with Crippen LogP contribution in [0.5, 0.6) is 0 Å². The molecule has 0 aliphatic rings. The van der Waals surface area contributed by atoms with Gasteiger partial charge in [0, 0.05) is 41.0 Å². The molecular formula is C18H12N4O3S. The number of rotatable bonds is 4. The second kappa shape index (κ2) is 6.41. The fourth-order valence-corrected chi connectivity index (χ4v) is 3.33. The lowest BCUT2D eigenvalue weighted by Gasteiger charge is -2.09. The minimum absolute atomic E-state index is 0.125. The van der Waals surface area contributed by atoms with Crippen LogP contribution in [0, 0.1) is 10.1 Å². The average molecular weight is 364 g/mol. The molecule has 1 amide bonds. The number of nitrogens with zero attached hydrogens (tertiary/aromatic N) is 3. The van der Waals surface area contributed by atoms with Crippen LogP contribution in [0.1, 0.15) is 10.4 Å². The van der Waals surface area contributed by atoms with Crippen LogP contribution in [0.25, 0.3) is 16.2 Å². The van der Waals surface area contributed by atoms with E-state index in [2.05, 4.69) is 10.3 Å². The summed E-state index contributed by atoms with van der Waals surface area (Å²) in [6.07, 6.45) is 3.81. The second-order valence-electron chi connectivity index (χ2n) is 5.53. The van der Waals surface area contributed by atoms with Gasteiger partial charge in [0.25, 0.3) is 11.6 Å². The summed E-state index contributed by atoms with van der Waals surface area (Å²) in [6, 6.07) is 13.0. The monoisotopic (exact) mass is 364 g/mol. The third-order valence-electron chi connectivity index (χ3n) is 3.86. The fraction of sp³-hybridized carbons (Fsp3) is 0. The highest BCUT2D eigenvalue weighted by Gasteiger charge is 2.15. The van der Waals surface area contributed by atoms with Crippen LogP contribution in [0.3, 0.4) is 0 Å². The lowest BCUT2D eigenvalue weighted by molar-refractivity contribution is -0.384. The molecule has 0 spiro atoms. The van der Waals surface area contributed by atoms with Crippen molar-refractivity contribution in [2.24, 2.45) is 0 Å². The maximum absolute atomic E-state index is 12.5. The molecule has 0 unspecified atom stereocenters. The van der Waals surface area contributed by atoms with Gasteiger partial charge >= 0.3 is 0 Å². The lowest BCUT2D eigenvalue weighted by Crippen LogP contribution is -2.12. The number of carbonyl (C=O) groups is 1. The number of carbonyl (C=O) groups excluding carboxylic acids is 1. The van der Waals surface area contributed by atoms with Crippen LogP contribution in [0.2, 0.25) is 0 Å². The van der Waals surface area contributed by atoms with E-state index in [0.29, 0.717) is 5.69 Å². The van der Waals surface area contributed by atoms with Crippen molar-refractivity contribution in [2.75, 3.05) is 5.32 Å². The highest BCUT2D eigenvalue weighted by atomic mass is 32.1. The number of non-ortho nitro benzene ring substituents is 1. The van der Waals surface area contributed by atoms with Crippen molar-refractivity contribution < 1.29 is 9.72 Å². The van der Waals surface area contributed by atoms with Crippen molar-refractivity contribution in [2.45, 2.75) is 0 Å². The first-order valence-corrected chi connectivity index (χ1v) is 8.57. The summed E-state index contributed by atoms with van der Waals surface area (Å²) in [5.41, 5.74) is 2.21. The van der Waals surface area contributed by atoms with Gasteiger partial charge in [0.2, 0.25) is 0 Å². The van der Waals surface area contributed by atoms with E-state index in [1.165, 1.54) is 35.6 Å². The van der Waals surface area contributed by atoms with E-state index in [9.17, 15) is 14.9 Å². The van der Waals surface area contributed by atoms with Crippen molar-refractivity contribution in [1.82, 2.24) is 9.38 Å². The maximum atomic E-state index is 12.5. The van der Waals surface area contributed by atoms with Gasteiger partial charge in [-0.15, -0.1) is 11.3 Å². The summed E-state index contributed by atoms with van der Waals surface area (Å²) in [7, 11) is 0. The van der Waals surface area contributed by atoms with E-state index in [0.717, 1.165) is 16.2 Å². The number of aromatic nitrogens is 2. The predicted octanol–water partition coefficient (Wildman–Crippen LogP) is 4.22. The molecule has 4 rings (SSSR count). The van der Waals surface area contributed by atoms with Crippen molar-refractivity contribution >= 4 is 33.6 Å². The highest BCUT2D eigenvalue weighted by molar-refractivity contribution is 7.15. The van der Waals surface area contributed by atoms with Gasteiger partial charge in [-0.3, -0.25) is 19.3 Å². The Kier molecular flexibility index (Phi) is 3.94. The molecule has 7 nitrogen and oxygen atoms in total. The molecule has 4 aromatic rings. The number of amides is 1. The third-order valence-corrected chi connectivity index (χ3v) is 4.63. The minimum atomic E-state index is -0.525. The molecule has 2 aromatic carbocycles. The number of hydrogen-bond donors (Lipinski definition) is 1.